The number of rotatable bonds is 4. The second-order valence-corrected chi connectivity index (χ2v) is 18.3. The fraction of sp³-hybridized carbons (Fsp3) is 1.00. The van der Waals surface area contributed by atoms with Crippen LogP contribution in [0.5, 0.6) is 0 Å². The van der Waals surface area contributed by atoms with Crippen molar-refractivity contribution in [3.63, 3.8) is 0 Å². The molecule has 0 aromatic rings. The Hall–Kier alpha value is 1.14. The zero-order valence-electron chi connectivity index (χ0n) is 8.41. The molecule has 0 aromatic heterocycles. The van der Waals surface area contributed by atoms with Crippen LogP contribution in [-0.2, 0) is 0 Å². The topological polar surface area (TPSA) is 24.1 Å². The van der Waals surface area contributed by atoms with Crippen molar-refractivity contribution < 1.29 is 0 Å². The summed E-state index contributed by atoms with van der Waals surface area (Å²) in [5, 5.41) is 0. The van der Waals surface area contributed by atoms with Gasteiger partial charge in [-0.15, -0.1) is 0 Å². The van der Waals surface area contributed by atoms with E-state index in [4.69, 9.17) is 0 Å². The van der Waals surface area contributed by atoms with E-state index < -0.39 is 16.5 Å². The van der Waals surface area contributed by atoms with Gasteiger partial charge in [-0.2, -0.15) is 0 Å². The SMILES string of the molecule is C[Si](C)(C)N[Te]N[Si](C)(C)C. The van der Waals surface area contributed by atoms with E-state index in [2.05, 4.69) is 45.7 Å². The summed E-state index contributed by atoms with van der Waals surface area (Å²) in [7, 11) is -1.98. The van der Waals surface area contributed by atoms with Crippen molar-refractivity contribution in [3.05, 3.63) is 0 Å². The molecule has 0 aliphatic heterocycles. The van der Waals surface area contributed by atoms with Gasteiger partial charge in [0, 0.05) is 0 Å². The summed E-state index contributed by atoms with van der Waals surface area (Å²) >= 11 is -0.0990. The third-order valence-electron chi connectivity index (χ3n) is 0.714. The van der Waals surface area contributed by atoms with Gasteiger partial charge in [-0.1, -0.05) is 0 Å². The van der Waals surface area contributed by atoms with Gasteiger partial charge in [0.2, 0.25) is 0 Å². The first kappa shape index (κ1) is 12.1. The van der Waals surface area contributed by atoms with E-state index in [0.717, 1.165) is 0 Å². The first-order chi connectivity index (χ1) is 4.71. The average molecular weight is 304 g/mol. The summed E-state index contributed by atoms with van der Waals surface area (Å²) < 4.78 is 7.34. The Kier molecular flexibility index (Phi) is 4.86. The Morgan fingerprint density at radius 1 is 0.727 bits per heavy atom. The van der Waals surface area contributed by atoms with Crippen LogP contribution in [0.3, 0.4) is 0 Å². The van der Waals surface area contributed by atoms with Crippen molar-refractivity contribution in [2.45, 2.75) is 39.3 Å². The van der Waals surface area contributed by atoms with Gasteiger partial charge in [-0.05, 0) is 0 Å². The summed E-state index contributed by atoms with van der Waals surface area (Å²) in [5.74, 6) is 0. The van der Waals surface area contributed by atoms with Gasteiger partial charge in [0.25, 0.3) is 0 Å². The second kappa shape index (κ2) is 4.40. The third-order valence-corrected chi connectivity index (χ3v) is 14.4. The molecule has 2 nitrogen and oxygen atoms in total. The van der Waals surface area contributed by atoms with E-state index in [1.54, 1.807) is 0 Å². The molecule has 5 heteroatoms. The van der Waals surface area contributed by atoms with E-state index >= 15 is 0 Å². The zero-order chi connectivity index (χ0) is 9.12. The Bertz CT molecular complexity index is 103. The van der Waals surface area contributed by atoms with Crippen LogP contribution in [0, 0.1) is 0 Å². The molecule has 0 spiro atoms. The molecule has 0 bridgehead atoms. The molecule has 0 radical (unpaired) electrons. The Labute approximate surface area is 83.5 Å². The molecular formula is C6H20N2Si2Te. The molecule has 0 fully saturated rings. The van der Waals surface area contributed by atoms with E-state index in [9.17, 15) is 0 Å². The van der Waals surface area contributed by atoms with Crippen LogP contribution in [-0.4, -0.2) is 37.9 Å². The van der Waals surface area contributed by atoms with Crippen molar-refractivity contribution in [1.82, 2.24) is 6.47 Å². The maximum atomic E-state index is 3.67. The molecule has 0 heterocycles. The van der Waals surface area contributed by atoms with Crippen molar-refractivity contribution in [2.24, 2.45) is 0 Å². The zero-order valence-corrected chi connectivity index (χ0v) is 12.7. The quantitative estimate of drug-likeness (QED) is 0.767. The van der Waals surface area contributed by atoms with Crippen LogP contribution in [0.4, 0.5) is 0 Å². The molecular weight excluding hydrogens is 284 g/mol. The van der Waals surface area contributed by atoms with Crippen LogP contribution in [0.2, 0.25) is 39.3 Å². The number of hydrogen-bond donors (Lipinski definition) is 2. The van der Waals surface area contributed by atoms with Crippen LogP contribution in [0.15, 0.2) is 0 Å². The van der Waals surface area contributed by atoms with Gasteiger partial charge >= 0.3 is 83.7 Å². The normalized spacial score (nSPS) is 13.6. The minimum atomic E-state index is -0.989. The molecule has 0 aromatic carbocycles. The summed E-state index contributed by atoms with van der Waals surface area (Å²) in [6, 6.07) is 0. The van der Waals surface area contributed by atoms with E-state index in [1.807, 2.05) is 0 Å². The molecule has 0 atom stereocenters. The molecule has 0 aliphatic carbocycles. The molecule has 0 unspecified atom stereocenters. The van der Waals surface area contributed by atoms with Crippen LogP contribution in [0.1, 0.15) is 0 Å². The van der Waals surface area contributed by atoms with E-state index in [1.165, 1.54) is 0 Å². The first-order valence-corrected chi connectivity index (χ1v) is 13.2. The van der Waals surface area contributed by atoms with Gasteiger partial charge < -0.3 is 0 Å². The number of nitrogens with one attached hydrogen (secondary N) is 2. The first-order valence-electron chi connectivity index (χ1n) is 3.91. The Balaban J connectivity index is 3.44. The third kappa shape index (κ3) is 11.1. The molecule has 11 heavy (non-hydrogen) atoms. The Morgan fingerprint density at radius 2 is 1.00 bits per heavy atom. The summed E-state index contributed by atoms with van der Waals surface area (Å²) in [5.41, 5.74) is 0. The van der Waals surface area contributed by atoms with E-state index in [-0.39, 0.29) is 21.5 Å². The second-order valence-electron chi connectivity index (χ2n) is 4.81. The van der Waals surface area contributed by atoms with Gasteiger partial charge in [0.15, 0.2) is 0 Å². The standard InChI is InChI=1S/C6H20N2Si2Te/c1-9(2,3)7-11-8-10(4,5)6/h7-8H,1-6H3. The van der Waals surface area contributed by atoms with Crippen LogP contribution < -0.4 is 6.47 Å². The molecule has 68 valence electrons. The molecule has 0 saturated heterocycles. The van der Waals surface area contributed by atoms with Crippen molar-refractivity contribution in [1.29, 1.82) is 0 Å². The van der Waals surface area contributed by atoms with Gasteiger partial charge in [-0.3, -0.25) is 0 Å². The Morgan fingerprint density at radius 3 is 1.18 bits per heavy atom. The molecule has 0 rings (SSSR count). The predicted octanol–water partition coefficient (Wildman–Crippen LogP) is 1.37. The van der Waals surface area contributed by atoms with Gasteiger partial charge in [-0.25, -0.2) is 0 Å². The molecule has 0 saturated carbocycles. The molecule has 0 amide bonds. The molecule has 0 aliphatic rings. The molecule has 2 N–H and O–H groups in total. The monoisotopic (exact) mass is 306 g/mol. The number of hydrogen-bond acceptors (Lipinski definition) is 2. The van der Waals surface area contributed by atoms with Gasteiger partial charge in [0.05, 0.1) is 0 Å². The van der Waals surface area contributed by atoms with Crippen molar-refractivity contribution >= 4 is 37.9 Å². The minimum absolute atomic E-state index is 0.0990. The fourth-order valence-electron chi connectivity index (χ4n) is 0.332. The van der Waals surface area contributed by atoms with Crippen LogP contribution in [0.25, 0.3) is 0 Å². The van der Waals surface area contributed by atoms with Gasteiger partial charge in [0.1, 0.15) is 0 Å². The summed E-state index contributed by atoms with van der Waals surface area (Å²) in [6.45, 7) is 14.1. The van der Waals surface area contributed by atoms with Crippen LogP contribution >= 0.6 is 0 Å². The average Bonchev–Trinajstić information content (AvgIpc) is 1.55. The maximum absolute atomic E-state index is 3.67. The van der Waals surface area contributed by atoms with Crippen molar-refractivity contribution in [3.8, 4) is 0 Å². The summed E-state index contributed by atoms with van der Waals surface area (Å²) in [4.78, 5) is 0. The van der Waals surface area contributed by atoms with Crippen molar-refractivity contribution in [2.75, 3.05) is 0 Å². The summed E-state index contributed by atoms with van der Waals surface area (Å²) in [6.07, 6.45) is 0. The van der Waals surface area contributed by atoms with E-state index in [0.29, 0.717) is 0 Å². The predicted molar refractivity (Wildman–Crippen MR) is 58.7 cm³/mol. The fourth-order valence-corrected chi connectivity index (χ4v) is 7.70.